The minimum absolute atomic E-state index is 0. The van der Waals surface area contributed by atoms with Crippen molar-refractivity contribution in [3.8, 4) is 0 Å². The number of nitrogens with one attached hydrogen (secondary N) is 4. The predicted octanol–water partition coefficient (Wildman–Crippen LogP) is 5.18. The molecule has 0 bridgehead atoms. The molecule has 0 aromatic heterocycles. The summed E-state index contributed by atoms with van der Waals surface area (Å²) in [5, 5.41) is 35.6. The first kappa shape index (κ1) is 40.1. The molecular weight excluding hydrogens is 592 g/mol. The summed E-state index contributed by atoms with van der Waals surface area (Å²) in [6, 6.07) is 11.8. The lowest BCUT2D eigenvalue weighted by molar-refractivity contribution is -0.131. The van der Waals surface area contributed by atoms with Gasteiger partial charge in [0.25, 0.3) is 0 Å². The van der Waals surface area contributed by atoms with Crippen molar-refractivity contribution in [1.82, 2.24) is 16.0 Å². The highest BCUT2D eigenvalue weighted by atomic mass is 35.5. The molecule has 9 nitrogen and oxygen atoms in total. The molecular formula is C35H57ClN4O5. The SMILES string of the molecule is CCCC[C@H](NC(=O)C(C)Nc1cccc2ccccc12)C(=O)N[C@@H](CC(C)C)[C@@H](O)CC(CC(C)O)C(=O)NCC(C)C.Cl. The molecule has 10 heteroatoms. The molecule has 3 amide bonds. The van der Waals surface area contributed by atoms with E-state index in [0.29, 0.717) is 19.4 Å². The van der Waals surface area contributed by atoms with Crippen LogP contribution >= 0.6 is 12.4 Å². The zero-order valence-electron chi connectivity index (χ0n) is 28.1. The number of hydrogen-bond donors (Lipinski definition) is 6. The van der Waals surface area contributed by atoms with Crippen LogP contribution in [-0.4, -0.2) is 64.8 Å². The quantitative estimate of drug-likeness (QED) is 0.124. The van der Waals surface area contributed by atoms with Gasteiger partial charge in [0.2, 0.25) is 17.7 Å². The van der Waals surface area contributed by atoms with E-state index in [2.05, 4.69) is 21.3 Å². The lowest BCUT2D eigenvalue weighted by Gasteiger charge is -2.31. The van der Waals surface area contributed by atoms with Gasteiger partial charge in [0.1, 0.15) is 12.1 Å². The monoisotopic (exact) mass is 648 g/mol. The Morgan fingerprint density at radius 2 is 1.44 bits per heavy atom. The fourth-order valence-corrected chi connectivity index (χ4v) is 5.35. The van der Waals surface area contributed by atoms with Crippen LogP contribution in [0.3, 0.4) is 0 Å². The Morgan fingerprint density at radius 1 is 0.778 bits per heavy atom. The van der Waals surface area contributed by atoms with Crippen LogP contribution in [0.2, 0.25) is 0 Å². The van der Waals surface area contributed by atoms with E-state index >= 15 is 0 Å². The Bertz CT molecular complexity index is 1190. The Labute approximate surface area is 276 Å². The first-order valence-corrected chi connectivity index (χ1v) is 16.3. The van der Waals surface area contributed by atoms with Crippen molar-refractivity contribution in [2.45, 2.75) is 117 Å². The van der Waals surface area contributed by atoms with Crippen molar-refractivity contribution >= 4 is 46.6 Å². The van der Waals surface area contributed by atoms with E-state index in [1.54, 1.807) is 13.8 Å². The highest BCUT2D eigenvalue weighted by molar-refractivity contribution is 5.96. The van der Waals surface area contributed by atoms with E-state index in [4.69, 9.17) is 0 Å². The molecule has 2 rings (SSSR count). The van der Waals surface area contributed by atoms with Gasteiger partial charge in [0.05, 0.1) is 18.2 Å². The van der Waals surface area contributed by atoms with Gasteiger partial charge in [-0.3, -0.25) is 14.4 Å². The van der Waals surface area contributed by atoms with Crippen molar-refractivity contribution in [2.24, 2.45) is 17.8 Å². The third-order valence-corrected chi connectivity index (χ3v) is 7.76. The van der Waals surface area contributed by atoms with Gasteiger partial charge in [-0.15, -0.1) is 12.4 Å². The fourth-order valence-electron chi connectivity index (χ4n) is 5.35. The number of hydrogen-bond acceptors (Lipinski definition) is 6. The number of aliphatic hydroxyl groups excluding tert-OH is 2. The summed E-state index contributed by atoms with van der Waals surface area (Å²) in [6.45, 7) is 13.9. The predicted molar refractivity (Wildman–Crippen MR) is 185 cm³/mol. The van der Waals surface area contributed by atoms with Gasteiger partial charge in [-0.2, -0.15) is 0 Å². The van der Waals surface area contributed by atoms with Crippen LogP contribution in [0.1, 0.15) is 87.0 Å². The van der Waals surface area contributed by atoms with E-state index in [1.807, 2.05) is 77.1 Å². The van der Waals surface area contributed by atoms with Crippen molar-refractivity contribution in [3.63, 3.8) is 0 Å². The molecule has 0 saturated carbocycles. The second-order valence-electron chi connectivity index (χ2n) is 13.1. The molecule has 2 aromatic rings. The topological polar surface area (TPSA) is 140 Å². The number of unbranched alkanes of at least 4 members (excludes halogenated alkanes) is 1. The fraction of sp³-hybridized carbons (Fsp3) is 0.629. The number of anilines is 1. The van der Waals surface area contributed by atoms with Gasteiger partial charge in [-0.1, -0.05) is 83.9 Å². The van der Waals surface area contributed by atoms with E-state index in [9.17, 15) is 24.6 Å². The number of halogens is 1. The Kier molecular flexibility index (Phi) is 18.1. The Morgan fingerprint density at radius 3 is 2.07 bits per heavy atom. The maximum Gasteiger partial charge on any atom is 0.242 e. The van der Waals surface area contributed by atoms with E-state index < -0.39 is 36.3 Å². The maximum atomic E-state index is 13.6. The maximum absolute atomic E-state index is 13.6. The van der Waals surface area contributed by atoms with Crippen molar-refractivity contribution in [1.29, 1.82) is 0 Å². The van der Waals surface area contributed by atoms with Gasteiger partial charge in [-0.25, -0.2) is 0 Å². The molecule has 0 aliphatic heterocycles. The molecule has 0 radical (unpaired) electrons. The lowest BCUT2D eigenvalue weighted by Crippen LogP contribution is -2.55. The molecule has 0 spiro atoms. The molecule has 6 atom stereocenters. The lowest BCUT2D eigenvalue weighted by atomic mass is 9.88. The third kappa shape index (κ3) is 14.0. The van der Waals surface area contributed by atoms with Gasteiger partial charge >= 0.3 is 0 Å². The molecule has 6 N–H and O–H groups in total. The minimum atomic E-state index is -1.01. The second-order valence-corrected chi connectivity index (χ2v) is 13.1. The number of benzene rings is 2. The van der Waals surface area contributed by atoms with Crippen LogP contribution in [0.15, 0.2) is 42.5 Å². The summed E-state index contributed by atoms with van der Waals surface area (Å²) < 4.78 is 0. The first-order valence-electron chi connectivity index (χ1n) is 16.3. The standard InChI is InChI=1S/C35H56N4O5.ClH/c1-8-9-16-30(38-33(42)25(7)37-29-17-12-14-26-13-10-11-15-28(26)29)35(44)39-31(18-22(2)3)32(41)20-27(19-24(6)40)34(43)36-21-23(4)5;/h10-15,17,22-25,27,30-32,37,40-41H,8-9,16,18-21H2,1-7H3,(H,36,43)(H,38,42)(H,39,44);1H/t24?,25?,27?,30-,31-,32-;/m0./s1. The van der Waals surface area contributed by atoms with Gasteiger partial charge in [0.15, 0.2) is 0 Å². The Hall–Kier alpha value is -2.88. The van der Waals surface area contributed by atoms with Crippen LogP contribution in [0.5, 0.6) is 0 Å². The highest BCUT2D eigenvalue weighted by Crippen LogP contribution is 2.24. The summed E-state index contributed by atoms with van der Waals surface area (Å²) in [4.78, 5) is 39.9. The number of rotatable bonds is 19. The van der Waals surface area contributed by atoms with Crippen LogP contribution in [-0.2, 0) is 14.4 Å². The van der Waals surface area contributed by atoms with Crippen LogP contribution in [0.25, 0.3) is 10.8 Å². The smallest absolute Gasteiger partial charge is 0.242 e. The van der Waals surface area contributed by atoms with Crippen LogP contribution in [0.4, 0.5) is 5.69 Å². The number of carbonyl (C=O) groups excluding carboxylic acids is 3. The molecule has 0 fully saturated rings. The van der Waals surface area contributed by atoms with Gasteiger partial charge in [-0.05, 0) is 62.8 Å². The Balaban J connectivity index is 0.0000101. The van der Waals surface area contributed by atoms with Crippen molar-refractivity contribution in [3.05, 3.63) is 42.5 Å². The summed E-state index contributed by atoms with van der Waals surface area (Å²) in [7, 11) is 0. The normalized spacial score (nSPS) is 15.4. The molecule has 45 heavy (non-hydrogen) atoms. The van der Waals surface area contributed by atoms with Gasteiger partial charge in [0, 0.05) is 23.5 Å². The van der Waals surface area contributed by atoms with Gasteiger partial charge < -0.3 is 31.5 Å². The third-order valence-electron chi connectivity index (χ3n) is 7.76. The average Bonchev–Trinajstić information content (AvgIpc) is 2.96. The molecule has 0 saturated heterocycles. The summed E-state index contributed by atoms with van der Waals surface area (Å²) >= 11 is 0. The van der Waals surface area contributed by atoms with E-state index in [-0.39, 0.29) is 54.8 Å². The molecule has 0 aliphatic rings. The zero-order valence-corrected chi connectivity index (χ0v) is 29.0. The summed E-state index contributed by atoms with van der Waals surface area (Å²) in [6.07, 6.45) is 1.14. The molecule has 2 aromatic carbocycles. The molecule has 254 valence electrons. The van der Waals surface area contributed by atoms with Crippen LogP contribution < -0.4 is 21.3 Å². The van der Waals surface area contributed by atoms with E-state index in [1.165, 1.54) is 0 Å². The number of aliphatic hydroxyl groups is 2. The summed E-state index contributed by atoms with van der Waals surface area (Å²) in [5.74, 6) is -1.04. The minimum Gasteiger partial charge on any atom is -0.393 e. The second kappa shape index (κ2) is 20.3. The highest BCUT2D eigenvalue weighted by Gasteiger charge is 2.32. The van der Waals surface area contributed by atoms with E-state index in [0.717, 1.165) is 29.3 Å². The average molecular weight is 649 g/mol. The van der Waals surface area contributed by atoms with Crippen LogP contribution in [0, 0.1) is 17.8 Å². The summed E-state index contributed by atoms with van der Waals surface area (Å²) in [5.41, 5.74) is 0.838. The number of fused-ring (bicyclic) bond motifs is 1. The van der Waals surface area contributed by atoms with Crippen molar-refractivity contribution < 1.29 is 24.6 Å². The number of carbonyl (C=O) groups is 3. The molecule has 0 heterocycles. The largest absolute Gasteiger partial charge is 0.393 e. The zero-order chi connectivity index (χ0) is 32.8. The van der Waals surface area contributed by atoms with Crippen molar-refractivity contribution in [2.75, 3.05) is 11.9 Å². The molecule has 3 unspecified atom stereocenters. The molecule has 0 aliphatic carbocycles. The first-order chi connectivity index (χ1) is 20.8. The number of amides is 3.